The highest BCUT2D eigenvalue weighted by molar-refractivity contribution is 5.79. The van der Waals surface area contributed by atoms with Crippen molar-refractivity contribution in [2.75, 3.05) is 27.5 Å². The van der Waals surface area contributed by atoms with Gasteiger partial charge in [0.05, 0.1) is 19.3 Å². The molecule has 0 aliphatic carbocycles. The highest BCUT2D eigenvalue weighted by Gasteiger charge is 2.38. The van der Waals surface area contributed by atoms with Gasteiger partial charge < -0.3 is 24.4 Å². The molecular weight excluding hydrogens is 348 g/mol. The number of rotatable bonds is 6. The Hall–Kier alpha value is -2.74. The molecule has 0 unspecified atom stereocenters. The van der Waals surface area contributed by atoms with Crippen molar-refractivity contribution in [3.63, 3.8) is 0 Å². The third kappa shape index (κ3) is 3.32. The number of nitrogens with one attached hydrogen (secondary N) is 1. The van der Waals surface area contributed by atoms with E-state index in [0.29, 0.717) is 30.2 Å². The molecule has 1 saturated heterocycles. The van der Waals surface area contributed by atoms with Gasteiger partial charge in [0, 0.05) is 51.3 Å². The van der Waals surface area contributed by atoms with E-state index in [2.05, 4.69) is 10.4 Å². The lowest BCUT2D eigenvalue weighted by atomic mass is 9.95. The van der Waals surface area contributed by atoms with Crippen LogP contribution in [0.25, 0.3) is 0 Å². The number of benzene rings is 1. The lowest BCUT2D eigenvalue weighted by Crippen LogP contribution is -2.28. The molecule has 144 valence electrons. The van der Waals surface area contributed by atoms with Crippen LogP contribution < -0.4 is 19.5 Å². The third-order valence-electron chi connectivity index (χ3n) is 5.21. The fourth-order valence-electron chi connectivity index (χ4n) is 3.91. The zero-order chi connectivity index (χ0) is 19.0. The molecule has 0 spiro atoms. The van der Waals surface area contributed by atoms with Crippen LogP contribution in [0.4, 0.5) is 0 Å². The second kappa shape index (κ2) is 7.11. The second-order valence-electron chi connectivity index (χ2n) is 7.02. The summed E-state index contributed by atoms with van der Waals surface area (Å²) in [7, 11) is 5.37. The van der Waals surface area contributed by atoms with E-state index >= 15 is 0 Å². The maximum Gasteiger partial charge on any atom is 0.231 e. The number of likely N-dealkylation sites (tertiary alicyclic amines) is 1. The summed E-state index contributed by atoms with van der Waals surface area (Å²) in [5, 5.41) is 7.73. The summed E-state index contributed by atoms with van der Waals surface area (Å²) in [4.78, 5) is 14.1. The molecule has 1 amide bonds. The Bertz CT molecular complexity index is 850. The maximum atomic E-state index is 12.2. The largest absolute Gasteiger partial charge is 0.493 e. The maximum absolute atomic E-state index is 12.2. The number of hydrogen-bond acceptors (Lipinski definition) is 6. The van der Waals surface area contributed by atoms with Crippen LogP contribution in [0.1, 0.15) is 23.6 Å². The molecule has 2 aliphatic heterocycles. The van der Waals surface area contributed by atoms with Gasteiger partial charge in [-0.05, 0) is 17.7 Å². The Labute approximate surface area is 158 Å². The number of carbonyl (C=O) groups excluding carboxylic acids is 1. The number of fused-ring (bicyclic) bond motifs is 1. The Kier molecular flexibility index (Phi) is 4.65. The van der Waals surface area contributed by atoms with Crippen molar-refractivity contribution < 1.29 is 19.0 Å². The van der Waals surface area contributed by atoms with Crippen molar-refractivity contribution in [2.24, 2.45) is 13.0 Å². The van der Waals surface area contributed by atoms with Crippen LogP contribution in [0.15, 0.2) is 24.5 Å². The van der Waals surface area contributed by atoms with Crippen LogP contribution in [0, 0.1) is 5.92 Å². The topological polar surface area (TPSA) is 77.9 Å². The van der Waals surface area contributed by atoms with Crippen molar-refractivity contribution in [1.82, 2.24) is 20.0 Å². The van der Waals surface area contributed by atoms with E-state index in [0.717, 1.165) is 17.7 Å². The molecule has 0 bridgehead atoms. The van der Waals surface area contributed by atoms with E-state index in [1.165, 1.54) is 0 Å². The molecule has 2 atom stereocenters. The van der Waals surface area contributed by atoms with Crippen molar-refractivity contribution >= 4 is 5.91 Å². The molecule has 0 saturated carbocycles. The van der Waals surface area contributed by atoms with E-state index in [9.17, 15) is 4.79 Å². The molecule has 1 aromatic carbocycles. The zero-order valence-corrected chi connectivity index (χ0v) is 15.8. The Balaban J connectivity index is 1.43. The predicted octanol–water partition coefficient (Wildman–Crippen LogP) is 1.47. The molecule has 3 heterocycles. The fourth-order valence-corrected chi connectivity index (χ4v) is 3.91. The summed E-state index contributed by atoms with van der Waals surface area (Å²) >= 11 is 0. The van der Waals surface area contributed by atoms with Crippen LogP contribution in [0.5, 0.6) is 17.2 Å². The number of hydrogen-bond donors (Lipinski definition) is 1. The first kappa shape index (κ1) is 17.7. The standard InChI is InChI=1S/C19H24N4O4/c1-22-10-14(9-21-22)18-13(6-17(24)23(18)2)8-20-7-12-4-15(25-3)19-16(5-12)26-11-27-19/h4-5,9-10,13,18,20H,6-8,11H2,1-3H3/t13-,18+/m0/s1. The molecule has 2 aliphatic rings. The number of amides is 1. The van der Waals surface area contributed by atoms with Crippen LogP contribution >= 0.6 is 0 Å². The Morgan fingerprint density at radius 2 is 2.19 bits per heavy atom. The SMILES string of the molecule is COc1cc(CNC[C@@H]2CC(=O)N(C)[C@H]2c2cnn(C)c2)cc2c1OCO2. The van der Waals surface area contributed by atoms with Gasteiger partial charge in [0.2, 0.25) is 18.4 Å². The van der Waals surface area contributed by atoms with E-state index in [1.807, 2.05) is 43.5 Å². The highest BCUT2D eigenvalue weighted by Crippen LogP contribution is 2.42. The summed E-state index contributed by atoms with van der Waals surface area (Å²) in [6.45, 7) is 1.60. The number of ether oxygens (including phenoxy) is 3. The minimum atomic E-state index is 0.0463. The van der Waals surface area contributed by atoms with Gasteiger partial charge in [-0.15, -0.1) is 0 Å². The molecule has 1 N–H and O–H groups in total. The Morgan fingerprint density at radius 3 is 2.93 bits per heavy atom. The number of methoxy groups -OCH3 is 1. The smallest absolute Gasteiger partial charge is 0.231 e. The molecule has 4 rings (SSSR count). The predicted molar refractivity (Wildman–Crippen MR) is 97.6 cm³/mol. The summed E-state index contributed by atoms with van der Waals surface area (Å²) in [6, 6.07) is 3.96. The van der Waals surface area contributed by atoms with Crippen LogP contribution in [-0.2, 0) is 18.4 Å². The van der Waals surface area contributed by atoms with Gasteiger partial charge in [-0.3, -0.25) is 9.48 Å². The van der Waals surface area contributed by atoms with Crippen molar-refractivity contribution in [3.8, 4) is 17.2 Å². The fraction of sp³-hybridized carbons (Fsp3) is 0.474. The van der Waals surface area contributed by atoms with Gasteiger partial charge in [-0.1, -0.05) is 0 Å². The van der Waals surface area contributed by atoms with Crippen molar-refractivity contribution in [1.29, 1.82) is 0 Å². The molecule has 1 aromatic heterocycles. The van der Waals surface area contributed by atoms with Crippen LogP contribution in [-0.4, -0.2) is 48.1 Å². The third-order valence-corrected chi connectivity index (χ3v) is 5.21. The van der Waals surface area contributed by atoms with Gasteiger partial charge in [0.25, 0.3) is 0 Å². The Morgan fingerprint density at radius 1 is 1.33 bits per heavy atom. The molecule has 2 aromatic rings. The molecule has 27 heavy (non-hydrogen) atoms. The first-order valence-electron chi connectivity index (χ1n) is 8.98. The normalized spacial score (nSPS) is 21.1. The molecule has 1 fully saturated rings. The van der Waals surface area contributed by atoms with Crippen molar-refractivity contribution in [3.05, 3.63) is 35.7 Å². The van der Waals surface area contributed by atoms with E-state index in [-0.39, 0.29) is 24.7 Å². The first-order chi connectivity index (χ1) is 13.1. The first-order valence-corrected chi connectivity index (χ1v) is 8.98. The second-order valence-corrected chi connectivity index (χ2v) is 7.02. The van der Waals surface area contributed by atoms with Crippen LogP contribution in [0.2, 0.25) is 0 Å². The van der Waals surface area contributed by atoms with Gasteiger partial charge in [0.15, 0.2) is 11.5 Å². The molecule has 8 heteroatoms. The quantitative estimate of drug-likeness (QED) is 0.827. The summed E-state index contributed by atoms with van der Waals surface area (Å²) in [5.41, 5.74) is 2.12. The summed E-state index contributed by atoms with van der Waals surface area (Å²) < 4.78 is 18.1. The van der Waals surface area contributed by atoms with Crippen molar-refractivity contribution in [2.45, 2.75) is 19.0 Å². The molecular formula is C19H24N4O4. The van der Waals surface area contributed by atoms with Gasteiger partial charge >= 0.3 is 0 Å². The monoisotopic (exact) mass is 372 g/mol. The van der Waals surface area contributed by atoms with E-state index in [1.54, 1.807) is 11.8 Å². The highest BCUT2D eigenvalue weighted by atomic mass is 16.7. The lowest BCUT2D eigenvalue weighted by molar-refractivity contribution is -0.127. The van der Waals surface area contributed by atoms with Gasteiger partial charge in [-0.25, -0.2) is 0 Å². The number of aryl methyl sites for hydroxylation is 1. The average molecular weight is 372 g/mol. The van der Waals surface area contributed by atoms with E-state index < -0.39 is 0 Å². The summed E-state index contributed by atoms with van der Waals surface area (Å²) in [5.74, 6) is 2.39. The van der Waals surface area contributed by atoms with Crippen LogP contribution in [0.3, 0.4) is 0 Å². The number of nitrogens with zero attached hydrogens (tertiary/aromatic N) is 3. The minimum absolute atomic E-state index is 0.0463. The number of carbonyl (C=O) groups is 1. The number of aromatic nitrogens is 2. The molecule has 8 nitrogen and oxygen atoms in total. The lowest BCUT2D eigenvalue weighted by Gasteiger charge is -2.24. The van der Waals surface area contributed by atoms with E-state index in [4.69, 9.17) is 14.2 Å². The zero-order valence-electron chi connectivity index (χ0n) is 15.8. The minimum Gasteiger partial charge on any atom is -0.493 e. The average Bonchev–Trinajstić information content (AvgIpc) is 3.35. The van der Waals surface area contributed by atoms with Gasteiger partial charge in [0.1, 0.15) is 0 Å². The molecule has 0 radical (unpaired) electrons. The summed E-state index contributed by atoms with van der Waals surface area (Å²) in [6.07, 6.45) is 4.36. The van der Waals surface area contributed by atoms with Gasteiger partial charge in [-0.2, -0.15) is 5.10 Å².